The van der Waals surface area contributed by atoms with Crippen molar-refractivity contribution in [3.05, 3.63) is 71.2 Å². The standard InChI is InChI=1S/C24H22F7N3O5S/c1-21(2,35)20-33-32-19(39-20)12-16-7-3-13-11-14(22(36,23(26,27)28)24(29,30)31)4-10-18(13)34(16)40(37,38)17-8-5-15(25)6-9-17/h4-6,8-11,16,35-36H,3,7,12H2,1-2H3. The van der Waals surface area contributed by atoms with Crippen molar-refractivity contribution in [3.8, 4) is 0 Å². The van der Waals surface area contributed by atoms with Crippen LogP contribution in [0.4, 0.5) is 36.4 Å². The van der Waals surface area contributed by atoms with Crippen LogP contribution in [0.25, 0.3) is 0 Å². The van der Waals surface area contributed by atoms with Crippen LogP contribution in [0.1, 0.15) is 43.2 Å². The van der Waals surface area contributed by atoms with Crippen LogP contribution in [-0.2, 0) is 34.1 Å². The van der Waals surface area contributed by atoms with Crippen LogP contribution in [0.15, 0.2) is 51.8 Å². The Balaban J connectivity index is 1.84. The predicted molar refractivity (Wildman–Crippen MR) is 124 cm³/mol. The normalized spacial score (nSPS) is 17.2. The number of alkyl halides is 6. The Hall–Kier alpha value is -3.24. The molecule has 2 aromatic carbocycles. The summed E-state index contributed by atoms with van der Waals surface area (Å²) in [6.45, 7) is 2.74. The van der Waals surface area contributed by atoms with Gasteiger partial charge in [0.1, 0.15) is 11.4 Å². The van der Waals surface area contributed by atoms with Crippen LogP contribution in [0, 0.1) is 5.82 Å². The van der Waals surface area contributed by atoms with Gasteiger partial charge in [0, 0.05) is 12.0 Å². The average Bonchev–Trinajstić information content (AvgIpc) is 3.31. The van der Waals surface area contributed by atoms with Crippen molar-refractivity contribution >= 4 is 15.7 Å². The van der Waals surface area contributed by atoms with Crippen LogP contribution in [0.5, 0.6) is 0 Å². The molecule has 0 spiro atoms. The van der Waals surface area contributed by atoms with Gasteiger partial charge in [-0.2, -0.15) is 26.3 Å². The second-order valence-electron chi connectivity index (χ2n) is 9.76. The molecular formula is C24H22F7N3O5S. The third-order valence-electron chi connectivity index (χ3n) is 6.40. The average molecular weight is 598 g/mol. The third-order valence-corrected chi connectivity index (χ3v) is 8.29. The minimum atomic E-state index is -6.13. The Kier molecular flexibility index (Phi) is 7.21. The van der Waals surface area contributed by atoms with E-state index in [-0.39, 0.29) is 42.3 Å². The number of benzene rings is 2. The first-order valence-corrected chi connectivity index (χ1v) is 13.1. The van der Waals surface area contributed by atoms with E-state index in [2.05, 4.69) is 10.2 Å². The van der Waals surface area contributed by atoms with Crippen molar-refractivity contribution in [2.45, 2.75) is 67.6 Å². The van der Waals surface area contributed by atoms with Gasteiger partial charge in [0.2, 0.25) is 11.8 Å². The highest BCUT2D eigenvalue weighted by molar-refractivity contribution is 7.92. The molecule has 4 rings (SSSR count). The monoisotopic (exact) mass is 597 g/mol. The maximum absolute atomic E-state index is 13.7. The molecule has 0 bridgehead atoms. The molecular weight excluding hydrogens is 575 g/mol. The second-order valence-corrected chi connectivity index (χ2v) is 11.6. The van der Waals surface area contributed by atoms with E-state index in [0.29, 0.717) is 12.1 Å². The van der Waals surface area contributed by atoms with Gasteiger partial charge in [0.25, 0.3) is 15.6 Å². The summed E-state index contributed by atoms with van der Waals surface area (Å²) in [6, 6.07) is 4.20. The van der Waals surface area contributed by atoms with Crippen molar-refractivity contribution in [2.75, 3.05) is 4.31 Å². The lowest BCUT2D eigenvalue weighted by molar-refractivity contribution is -0.376. The number of aryl methyl sites for hydroxylation is 1. The molecule has 16 heteroatoms. The number of nitrogens with zero attached hydrogens (tertiary/aromatic N) is 3. The number of aliphatic hydroxyl groups is 2. The smallest absolute Gasteiger partial charge is 0.422 e. The Morgan fingerprint density at radius 1 is 0.975 bits per heavy atom. The van der Waals surface area contributed by atoms with Crippen LogP contribution in [0.2, 0.25) is 0 Å². The lowest BCUT2D eigenvalue weighted by Gasteiger charge is -2.39. The molecule has 2 N–H and O–H groups in total. The van der Waals surface area contributed by atoms with Crippen molar-refractivity contribution in [2.24, 2.45) is 0 Å². The maximum atomic E-state index is 13.7. The molecule has 8 nitrogen and oxygen atoms in total. The molecule has 0 aliphatic carbocycles. The number of sulfonamides is 1. The van der Waals surface area contributed by atoms with Gasteiger partial charge in [-0.1, -0.05) is 12.1 Å². The summed E-state index contributed by atoms with van der Waals surface area (Å²) >= 11 is 0. The maximum Gasteiger partial charge on any atom is 0.430 e. The SMILES string of the molecule is CC(C)(O)c1nnc(CC2CCc3cc(C(O)(C(F)(F)F)C(F)(F)F)ccc3N2S(=O)(=O)c2ccc(F)cc2)o1. The number of rotatable bonds is 6. The van der Waals surface area contributed by atoms with Crippen molar-refractivity contribution < 1.29 is 53.8 Å². The van der Waals surface area contributed by atoms with E-state index in [4.69, 9.17) is 4.42 Å². The highest BCUT2D eigenvalue weighted by Crippen LogP contribution is 2.51. The Morgan fingerprint density at radius 3 is 2.10 bits per heavy atom. The number of hydrogen-bond acceptors (Lipinski definition) is 7. The number of anilines is 1. The van der Waals surface area contributed by atoms with Gasteiger partial charge in [-0.3, -0.25) is 4.31 Å². The first-order valence-electron chi connectivity index (χ1n) is 11.6. The summed E-state index contributed by atoms with van der Waals surface area (Å²) in [5.74, 6) is -1.01. The minimum absolute atomic E-state index is 0.0926. The summed E-state index contributed by atoms with van der Waals surface area (Å²) in [5, 5.41) is 27.4. The van der Waals surface area contributed by atoms with E-state index >= 15 is 0 Å². The summed E-state index contributed by atoms with van der Waals surface area (Å²) in [4.78, 5) is -0.402. The minimum Gasteiger partial charge on any atom is -0.422 e. The molecule has 1 atom stereocenters. The zero-order valence-corrected chi connectivity index (χ0v) is 21.6. The largest absolute Gasteiger partial charge is 0.430 e. The molecule has 1 aromatic heterocycles. The fourth-order valence-electron chi connectivity index (χ4n) is 4.37. The number of aromatic nitrogens is 2. The van der Waals surface area contributed by atoms with E-state index < -0.39 is 55.9 Å². The Bertz CT molecular complexity index is 1480. The van der Waals surface area contributed by atoms with Gasteiger partial charge in [0.15, 0.2) is 0 Å². The van der Waals surface area contributed by atoms with Crippen molar-refractivity contribution in [1.82, 2.24) is 10.2 Å². The zero-order valence-electron chi connectivity index (χ0n) is 20.8. The second kappa shape index (κ2) is 9.69. The zero-order chi connectivity index (χ0) is 29.9. The number of fused-ring (bicyclic) bond motifs is 1. The van der Waals surface area contributed by atoms with E-state index in [1.165, 1.54) is 13.8 Å². The number of halogens is 7. The van der Waals surface area contributed by atoms with Gasteiger partial charge in [-0.15, -0.1) is 10.2 Å². The van der Waals surface area contributed by atoms with Crippen LogP contribution < -0.4 is 4.31 Å². The summed E-state index contributed by atoms with van der Waals surface area (Å²) in [5.41, 5.74) is -8.72. The molecule has 2 heterocycles. The molecule has 0 saturated heterocycles. The first kappa shape index (κ1) is 29.7. The summed E-state index contributed by atoms with van der Waals surface area (Å²) < 4.78 is 128. The number of hydrogen-bond donors (Lipinski definition) is 2. The van der Waals surface area contributed by atoms with Crippen molar-refractivity contribution in [3.63, 3.8) is 0 Å². The molecule has 0 amide bonds. The molecule has 0 saturated carbocycles. The lowest BCUT2D eigenvalue weighted by Crippen LogP contribution is -2.54. The highest BCUT2D eigenvalue weighted by atomic mass is 32.2. The van der Waals surface area contributed by atoms with Gasteiger partial charge < -0.3 is 14.6 Å². The molecule has 3 aromatic rings. The lowest BCUT2D eigenvalue weighted by atomic mass is 9.87. The van der Waals surface area contributed by atoms with E-state index in [1.54, 1.807) is 0 Å². The first-order chi connectivity index (χ1) is 18.3. The van der Waals surface area contributed by atoms with E-state index in [0.717, 1.165) is 34.6 Å². The molecule has 0 radical (unpaired) electrons. The molecule has 1 aliphatic rings. The van der Waals surface area contributed by atoms with E-state index in [1.807, 2.05) is 0 Å². The van der Waals surface area contributed by atoms with Gasteiger partial charge >= 0.3 is 12.4 Å². The summed E-state index contributed by atoms with van der Waals surface area (Å²) in [6.07, 6.45) is -12.8. The van der Waals surface area contributed by atoms with Crippen LogP contribution in [0.3, 0.4) is 0 Å². The summed E-state index contributed by atoms with van der Waals surface area (Å²) in [7, 11) is -4.57. The third kappa shape index (κ3) is 5.14. The molecule has 1 unspecified atom stereocenters. The topological polar surface area (TPSA) is 117 Å². The van der Waals surface area contributed by atoms with E-state index in [9.17, 15) is 49.4 Å². The molecule has 40 heavy (non-hydrogen) atoms. The highest BCUT2D eigenvalue weighted by Gasteiger charge is 2.71. The molecule has 0 fully saturated rings. The van der Waals surface area contributed by atoms with Gasteiger partial charge in [-0.25, -0.2) is 12.8 Å². The van der Waals surface area contributed by atoms with Crippen LogP contribution >= 0.6 is 0 Å². The van der Waals surface area contributed by atoms with Crippen LogP contribution in [-0.4, -0.2) is 47.2 Å². The quantitative estimate of drug-likeness (QED) is 0.402. The fourth-order valence-corrected chi connectivity index (χ4v) is 6.08. The molecule has 1 aliphatic heterocycles. The van der Waals surface area contributed by atoms with Gasteiger partial charge in [0.05, 0.1) is 16.6 Å². The Labute approximate surface area is 223 Å². The van der Waals surface area contributed by atoms with Gasteiger partial charge in [-0.05, 0) is 62.6 Å². The fraction of sp³-hybridized carbons (Fsp3) is 0.417. The Morgan fingerprint density at radius 2 is 1.57 bits per heavy atom. The molecule has 218 valence electrons. The predicted octanol–water partition coefficient (Wildman–Crippen LogP) is 4.50. The van der Waals surface area contributed by atoms with Crippen molar-refractivity contribution in [1.29, 1.82) is 0 Å².